The summed E-state index contributed by atoms with van der Waals surface area (Å²) in [6.07, 6.45) is 11.4. The van der Waals surface area contributed by atoms with E-state index < -0.39 is 26.9 Å². The first-order valence-electron chi connectivity index (χ1n) is 13.3. The van der Waals surface area contributed by atoms with E-state index in [-0.39, 0.29) is 30.0 Å². The number of ether oxygens (including phenoxy) is 1. The van der Waals surface area contributed by atoms with Gasteiger partial charge in [-0.25, -0.2) is 8.42 Å². The van der Waals surface area contributed by atoms with Crippen LogP contribution in [0.5, 0.6) is 0 Å². The summed E-state index contributed by atoms with van der Waals surface area (Å²) < 4.78 is 33.0. The molecule has 39 heavy (non-hydrogen) atoms. The fraction of sp³-hybridized carbons (Fsp3) is 0.414. The first-order valence-corrected chi connectivity index (χ1v) is 14.9. The number of amides is 2. The Bertz CT molecular complexity index is 1390. The van der Waals surface area contributed by atoms with E-state index in [4.69, 9.17) is 15.5 Å². The maximum Gasteiger partial charge on any atom is 0.253 e. The number of likely N-dealkylation sites (tertiary alicyclic amines) is 1. The fourth-order valence-corrected chi connectivity index (χ4v) is 7.62. The van der Waals surface area contributed by atoms with Gasteiger partial charge >= 0.3 is 0 Å². The number of nitrogens with zero attached hydrogens (tertiary/aromatic N) is 2. The number of carbonyl (C=O) groups excluding carboxylic acids is 2. The van der Waals surface area contributed by atoms with E-state index in [0.29, 0.717) is 48.5 Å². The number of nitrogens with two attached hydrogens (primary N) is 1. The Morgan fingerprint density at radius 2 is 1.87 bits per heavy atom. The third-order valence-electron chi connectivity index (χ3n) is 7.94. The van der Waals surface area contributed by atoms with E-state index >= 15 is 0 Å². The van der Waals surface area contributed by atoms with E-state index in [9.17, 15) is 18.0 Å². The van der Waals surface area contributed by atoms with Gasteiger partial charge in [0.05, 0.1) is 28.7 Å². The standard InChI is InChI=1S/C29H34N4O5S/c1-38-21-9-5-8-20(16-21)32-27-24-17-23(10-11-26(24)31-18-25(27)28(30)34)39(36,37)22-12-14-33(15-13-22)29(35)19-6-3-2-4-7-19/h2-8,10-11,18,20-22,24,31H,9,12-17H2,1H3,(H2,30,34). The van der Waals surface area contributed by atoms with Crippen molar-refractivity contribution >= 4 is 27.4 Å². The number of hydrogen-bond donors (Lipinski definition) is 2. The van der Waals surface area contributed by atoms with Crippen LogP contribution in [0.4, 0.5) is 0 Å². The van der Waals surface area contributed by atoms with Gasteiger partial charge in [0.15, 0.2) is 9.84 Å². The molecule has 0 aromatic heterocycles. The third kappa shape index (κ3) is 5.62. The largest absolute Gasteiger partial charge is 0.381 e. The van der Waals surface area contributed by atoms with Crippen LogP contribution in [0.15, 0.2) is 82.0 Å². The second-order valence-electron chi connectivity index (χ2n) is 10.3. The summed E-state index contributed by atoms with van der Waals surface area (Å²) >= 11 is 0. The lowest BCUT2D eigenvalue weighted by Gasteiger charge is -2.35. The molecule has 1 saturated heterocycles. The van der Waals surface area contributed by atoms with Crippen LogP contribution in [0.1, 0.15) is 42.5 Å². The molecule has 3 N–H and O–H groups in total. The molecule has 1 aromatic rings. The number of hydrogen-bond acceptors (Lipinski definition) is 7. The first kappa shape index (κ1) is 27.1. The summed E-state index contributed by atoms with van der Waals surface area (Å²) in [4.78, 5) is 32.1. The highest BCUT2D eigenvalue weighted by Crippen LogP contribution is 2.36. The van der Waals surface area contributed by atoms with Crippen molar-refractivity contribution < 1.29 is 22.7 Å². The van der Waals surface area contributed by atoms with Crippen LogP contribution in [0, 0.1) is 5.92 Å². The molecule has 0 radical (unpaired) electrons. The minimum atomic E-state index is -3.63. The van der Waals surface area contributed by atoms with Crippen molar-refractivity contribution in [2.45, 2.75) is 49.5 Å². The molecular formula is C29H34N4O5S. The summed E-state index contributed by atoms with van der Waals surface area (Å²) in [5, 5.41) is 2.54. The molecule has 2 aliphatic heterocycles. The van der Waals surface area contributed by atoms with Crippen molar-refractivity contribution in [2.24, 2.45) is 16.6 Å². The van der Waals surface area contributed by atoms with Crippen molar-refractivity contribution in [2.75, 3.05) is 20.2 Å². The molecule has 10 heteroatoms. The normalized spacial score (nSPS) is 26.7. The Labute approximate surface area is 229 Å². The van der Waals surface area contributed by atoms with Crippen LogP contribution in [-0.4, -0.2) is 68.4 Å². The zero-order valence-electron chi connectivity index (χ0n) is 22.0. The Hall–Kier alpha value is -3.50. The van der Waals surface area contributed by atoms with Gasteiger partial charge in [0.1, 0.15) is 0 Å². The molecule has 9 nitrogen and oxygen atoms in total. The number of primary amides is 1. The molecule has 2 amide bonds. The zero-order valence-corrected chi connectivity index (χ0v) is 22.8. The predicted octanol–water partition coefficient (Wildman–Crippen LogP) is 2.64. The number of benzene rings is 1. The average molecular weight is 551 g/mol. The molecule has 0 saturated carbocycles. The number of rotatable bonds is 6. The van der Waals surface area contributed by atoms with Crippen molar-refractivity contribution in [3.05, 3.63) is 82.6 Å². The van der Waals surface area contributed by atoms with Crippen LogP contribution in [0.25, 0.3) is 0 Å². The first-order chi connectivity index (χ1) is 18.8. The SMILES string of the molecule is COC1CC=CC(N=C2C(C(N)=O)=CNC3=CC=C(S(=O)(=O)C4CCN(C(=O)c5ccccc5)CC4)CC32)C1. The lowest BCUT2D eigenvalue weighted by atomic mass is 9.84. The summed E-state index contributed by atoms with van der Waals surface area (Å²) in [6.45, 7) is 0.764. The fourth-order valence-electron chi connectivity index (χ4n) is 5.70. The lowest BCUT2D eigenvalue weighted by Crippen LogP contribution is -2.43. The van der Waals surface area contributed by atoms with Crippen molar-refractivity contribution in [1.29, 1.82) is 0 Å². The van der Waals surface area contributed by atoms with Crippen LogP contribution < -0.4 is 11.1 Å². The number of methoxy groups -OCH3 is 1. The molecule has 2 heterocycles. The lowest BCUT2D eigenvalue weighted by molar-refractivity contribution is -0.114. The number of sulfone groups is 1. The van der Waals surface area contributed by atoms with Gasteiger partial charge in [-0.15, -0.1) is 0 Å². The summed E-state index contributed by atoms with van der Waals surface area (Å²) in [5.74, 6) is -1.12. The molecule has 5 rings (SSSR count). The number of nitrogens with one attached hydrogen (secondary N) is 1. The third-order valence-corrected chi connectivity index (χ3v) is 10.3. The van der Waals surface area contributed by atoms with Crippen LogP contribution in [0.2, 0.25) is 0 Å². The highest BCUT2D eigenvalue weighted by atomic mass is 32.2. The van der Waals surface area contributed by atoms with Gasteiger partial charge in [0.2, 0.25) is 0 Å². The van der Waals surface area contributed by atoms with Crippen molar-refractivity contribution in [3.8, 4) is 0 Å². The molecular weight excluding hydrogens is 516 g/mol. The van der Waals surface area contributed by atoms with E-state index in [2.05, 4.69) is 5.32 Å². The van der Waals surface area contributed by atoms with E-state index in [1.807, 2.05) is 30.4 Å². The Kier molecular flexibility index (Phi) is 7.86. The predicted molar refractivity (Wildman–Crippen MR) is 149 cm³/mol. The van der Waals surface area contributed by atoms with Crippen LogP contribution in [0.3, 0.4) is 0 Å². The molecule has 3 atom stereocenters. The Morgan fingerprint density at radius 3 is 2.56 bits per heavy atom. The smallest absolute Gasteiger partial charge is 0.253 e. The van der Waals surface area contributed by atoms with Crippen LogP contribution in [-0.2, 0) is 19.4 Å². The maximum absolute atomic E-state index is 13.8. The summed E-state index contributed by atoms with van der Waals surface area (Å²) in [5.41, 5.74) is 7.85. The van der Waals surface area contributed by atoms with Gasteiger partial charge in [-0.05, 0) is 56.4 Å². The van der Waals surface area contributed by atoms with Gasteiger partial charge in [0.25, 0.3) is 11.8 Å². The van der Waals surface area contributed by atoms with Gasteiger partial charge in [0, 0.05) is 48.5 Å². The number of allylic oxidation sites excluding steroid dienone is 4. The molecule has 0 spiro atoms. The number of aliphatic imine (C=N–C) groups is 1. The quantitative estimate of drug-likeness (QED) is 0.524. The minimum absolute atomic E-state index is 0.0314. The summed E-state index contributed by atoms with van der Waals surface area (Å²) in [7, 11) is -1.96. The minimum Gasteiger partial charge on any atom is -0.381 e. The number of piperidine rings is 1. The molecule has 2 aliphatic carbocycles. The molecule has 0 bridgehead atoms. The topological polar surface area (TPSA) is 131 Å². The Morgan fingerprint density at radius 1 is 1.13 bits per heavy atom. The van der Waals surface area contributed by atoms with Gasteiger partial charge in [-0.1, -0.05) is 30.4 Å². The van der Waals surface area contributed by atoms with Crippen LogP contribution >= 0.6 is 0 Å². The van der Waals surface area contributed by atoms with E-state index in [1.165, 1.54) is 0 Å². The second kappa shape index (κ2) is 11.3. The van der Waals surface area contributed by atoms with Gasteiger partial charge in [-0.2, -0.15) is 0 Å². The van der Waals surface area contributed by atoms with Gasteiger partial charge in [-0.3, -0.25) is 14.6 Å². The number of carbonyl (C=O) groups is 2. The molecule has 3 unspecified atom stereocenters. The average Bonchev–Trinajstić information content (AvgIpc) is 2.97. The molecule has 1 aromatic carbocycles. The molecule has 1 fully saturated rings. The van der Waals surface area contributed by atoms with Crippen molar-refractivity contribution in [1.82, 2.24) is 10.2 Å². The van der Waals surface area contributed by atoms with Gasteiger partial charge < -0.3 is 20.7 Å². The van der Waals surface area contributed by atoms with Crippen molar-refractivity contribution in [3.63, 3.8) is 0 Å². The Balaban J connectivity index is 1.33. The maximum atomic E-state index is 13.8. The van der Waals surface area contributed by atoms with E-state index in [1.54, 1.807) is 42.5 Å². The second-order valence-corrected chi connectivity index (χ2v) is 12.6. The monoisotopic (exact) mass is 550 g/mol. The highest BCUT2D eigenvalue weighted by molar-refractivity contribution is 7.95. The molecule has 206 valence electrons. The number of fused-ring (bicyclic) bond motifs is 1. The van der Waals surface area contributed by atoms with E-state index in [0.717, 1.165) is 12.1 Å². The summed E-state index contributed by atoms with van der Waals surface area (Å²) in [6, 6.07) is 8.84. The highest BCUT2D eigenvalue weighted by Gasteiger charge is 2.39. The molecule has 4 aliphatic rings. The zero-order chi connectivity index (χ0) is 27.6.